The number of rotatable bonds is 3. The van der Waals surface area contributed by atoms with E-state index in [1.807, 2.05) is 6.92 Å². The maximum absolute atomic E-state index is 11.2. The first-order chi connectivity index (χ1) is 6.07. The maximum atomic E-state index is 11.2. The number of hydrogen-bond donors (Lipinski definition) is 1. The summed E-state index contributed by atoms with van der Waals surface area (Å²) in [7, 11) is 1.69. The molecule has 4 nitrogen and oxygen atoms in total. The van der Waals surface area contributed by atoms with Gasteiger partial charge in [-0.2, -0.15) is 0 Å². The number of carboxylic acids is 1. The number of carbonyl (C=O) groups is 2. The topological polar surface area (TPSA) is 57.6 Å². The van der Waals surface area contributed by atoms with Gasteiger partial charge in [0.2, 0.25) is 5.91 Å². The van der Waals surface area contributed by atoms with E-state index >= 15 is 0 Å². The molecule has 0 aromatic heterocycles. The fourth-order valence-corrected chi connectivity index (χ4v) is 1.87. The van der Waals surface area contributed by atoms with Crippen LogP contribution in [-0.4, -0.2) is 35.0 Å². The normalized spacial score (nSPS) is 28.2. The minimum atomic E-state index is -0.851. The zero-order chi connectivity index (χ0) is 10.0. The summed E-state index contributed by atoms with van der Waals surface area (Å²) < 4.78 is 0. The first-order valence-electron chi connectivity index (χ1n) is 4.56. The molecule has 0 aromatic carbocycles. The number of amides is 1. The molecular weight excluding hydrogens is 170 g/mol. The minimum Gasteiger partial charge on any atom is -0.481 e. The van der Waals surface area contributed by atoms with Crippen molar-refractivity contribution in [1.29, 1.82) is 0 Å². The van der Waals surface area contributed by atoms with Crippen molar-refractivity contribution in [3.05, 3.63) is 0 Å². The van der Waals surface area contributed by atoms with Gasteiger partial charge < -0.3 is 10.0 Å². The van der Waals surface area contributed by atoms with E-state index in [9.17, 15) is 9.59 Å². The molecule has 0 spiro atoms. The molecule has 4 heteroatoms. The first-order valence-corrected chi connectivity index (χ1v) is 4.56. The predicted octanol–water partition coefficient (Wildman–Crippen LogP) is 0.718. The van der Waals surface area contributed by atoms with Gasteiger partial charge >= 0.3 is 5.97 Å². The molecule has 2 unspecified atom stereocenters. The van der Waals surface area contributed by atoms with Gasteiger partial charge in [0, 0.05) is 19.5 Å². The van der Waals surface area contributed by atoms with Crippen LogP contribution in [-0.2, 0) is 9.59 Å². The molecule has 13 heavy (non-hydrogen) atoms. The number of hydrogen-bond acceptors (Lipinski definition) is 2. The highest BCUT2D eigenvalue weighted by Gasteiger charge is 2.40. The van der Waals surface area contributed by atoms with E-state index < -0.39 is 11.9 Å². The molecule has 0 radical (unpaired) electrons. The lowest BCUT2D eigenvalue weighted by Crippen LogP contribution is -2.34. The molecule has 1 fully saturated rings. The van der Waals surface area contributed by atoms with Crippen LogP contribution in [0.4, 0.5) is 0 Å². The third kappa shape index (κ3) is 1.82. The number of nitrogens with zero attached hydrogens (tertiary/aromatic N) is 1. The zero-order valence-electron chi connectivity index (χ0n) is 7.99. The second-order valence-corrected chi connectivity index (χ2v) is 3.51. The summed E-state index contributed by atoms with van der Waals surface area (Å²) >= 11 is 0. The van der Waals surface area contributed by atoms with Gasteiger partial charge in [-0.1, -0.05) is 13.3 Å². The molecule has 74 valence electrons. The van der Waals surface area contributed by atoms with Crippen molar-refractivity contribution in [2.75, 3.05) is 7.05 Å². The Morgan fingerprint density at radius 2 is 2.31 bits per heavy atom. The SMILES string of the molecule is CCCC1C(C(=O)O)CC(=O)N1C. The Kier molecular flexibility index (Phi) is 2.90. The standard InChI is InChI=1S/C9H15NO3/c1-3-4-7-6(9(12)13)5-8(11)10(7)2/h6-7H,3-5H2,1-2H3,(H,12,13). The van der Waals surface area contributed by atoms with E-state index in [1.54, 1.807) is 11.9 Å². The largest absolute Gasteiger partial charge is 0.481 e. The maximum Gasteiger partial charge on any atom is 0.309 e. The Labute approximate surface area is 77.5 Å². The Bertz CT molecular complexity index is 227. The van der Waals surface area contributed by atoms with Crippen LogP contribution >= 0.6 is 0 Å². The Balaban J connectivity index is 2.74. The van der Waals surface area contributed by atoms with Crippen molar-refractivity contribution in [1.82, 2.24) is 4.90 Å². The number of carboxylic acid groups (broad SMARTS) is 1. The van der Waals surface area contributed by atoms with Gasteiger partial charge in [0.05, 0.1) is 5.92 Å². The van der Waals surface area contributed by atoms with Gasteiger partial charge in [-0.15, -0.1) is 0 Å². The van der Waals surface area contributed by atoms with Gasteiger partial charge in [0.1, 0.15) is 0 Å². The molecule has 1 saturated heterocycles. The van der Waals surface area contributed by atoms with E-state index in [1.165, 1.54) is 0 Å². The monoisotopic (exact) mass is 185 g/mol. The highest BCUT2D eigenvalue weighted by Crippen LogP contribution is 2.27. The highest BCUT2D eigenvalue weighted by molar-refractivity contribution is 5.86. The lowest BCUT2D eigenvalue weighted by atomic mass is 9.97. The Hall–Kier alpha value is -1.06. The van der Waals surface area contributed by atoms with Crippen LogP contribution in [0.3, 0.4) is 0 Å². The summed E-state index contributed by atoms with van der Waals surface area (Å²) in [5, 5.41) is 8.87. The number of aliphatic carboxylic acids is 1. The van der Waals surface area contributed by atoms with Gasteiger partial charge in [0.25, 0.3) is 0 Å². The van der Waals surface area contributed by atoms with Crippen molar-refractivity contribution >= 4 is 11.9 Å². The molecule has 1 rings (SSSR count). The quantitative estimate of drug-likeness (QED) is 0.704. The van der Waals surface area contributed by atoms with Crippen LogP contribution in [0.5, 0.6) is 0 Å². The fourth-order valence-electron chi connectivity index (χ4n) is 1.87. The van der Waals surface area contributed by atoms with E-state index in [0.29, 0.717) is 0 Å². The third-order valence-corrected chi connectivity index (χ3v) is 2.65. The van der Waals surface area contributed by atoms with Crippen LogP contribution in [0.25, 0.3) is 0 Å². The predicted molar refractivity (Wildman–Crippen MR) is 47.2 cm³/mol. The summed E-state index contributed by atoms with van der Waals surface area (Å²) in [4.78, 5) is 23.6. The highest BCUT2D eigenvalue weighted by atomic mass is 16.4. The van der Waals surface area contributed by atoms with E-state index in [0.717, 1.165) is 12.8 Å². The van der Waals surface area contributed by atoms with Crippen LogP contribution < -0.4 is 0 Å². The average molecular weight is 185 g/mol. The van der Waals surface area contributed by atoms with E-state index in [4.69, 9.17) is 5.11 Å². The van der Waals surface area contributed by atoms with Crippen LogP contribution in [0.15, 0.2) is 0 Å². The van der Waals surface area contributed by atoms with Gasteiger partial charge in [-0.05, 0) is 6.42 Å². The lowest BCUT2D eigenvalue weighted by molar-refractivity contribution is -0.142. The summed E-state index contributed by atoms with van der Waals surface area (Å²) in [6, 6.07) is -0.102. The first kappa shape index (κ1) is 10.0. The summed E-state index contributed by atoms with van der Waals surface area (Å²) in [5.41, 5.74) is 0. The Morgan fingerprint density at radius 3 is 2.77 bits per heavy atom. The molecule has 0 saturated carbocycles. The smallest absolute Gasteiger partial charge is 0.309 e. The molecule has 1 aliphatic heterocycles. The van der Waals surface area contributed by atoms with E-state index in [-0.39, 0.29) is 18.4 Å². The van der Waals surface area contributed by atoms with Crippen molar-refractivity contribution in [2.45, 2.75) is 32.2 Å². The molecule has 1 amide bonds. The van der Waals surface area contributed by atoms with Gasteiger partial charge in [-0.25, -0.2) is 0 Å². The van der Waals surface area contributed by atoms with Crippen molar-refractivity contribution in [3.8, 4) is 0 Å². The minimum absolute atomic E-state index is 0.0501. The second kappa shape index (κ2) is 3.77. The van der Waals surface area contributed by atoms with Crippen molar-refractivity contribution in [3.63, 3.8) is 0 Å². The van der Waals surface area contributed by atoms with Crippen LogP contribution in [0, 0.1) is 5.92 Å². The molecule has 1 aliphatic rings. The fraction of sp³-hybridized carbons (Fsp3) is 0.778. The molecular formula is C9H15NO3. The average Bonchev–Trinajstić information content (AvgIpc) is 2.33. The van der Waals surface area contributed by atoms with E-state index in [2.05, 4.69) is 0 Å². The van der Waals surface area contributed by atoms with Gasteiger partial charge in [-0.3, -0.25) is 9.59 Å². The van der Waals surface area contributed by atoms with Crippen molar-refractivity contribution in [2.24, 2.45) is 5.92 Å². The summed E-state index contributed by atoms with van der Waals surface area (Å²) in [6.45, 7) is 2.00. The van der Waals surface area contributed by atoms with Gasteiger partial charge in [0.15, 0.2) is 0 Å². The van der Waals surface area contributed by atoms with Crippen LogP contribution in [0.1, 0.15) is 26.2 Å². The molecule has 0 aliphatic carbocycles. The van der Waals surface area contributed by atoms with Crippen molar-refractivity contribution < 1.29 is 14.7 Å². The molecule has 0 bridgehead atoms. The Morgan fingerprint density at radius 1 is 1.69 bits per heavy atom. The van der Waals surface area contributed by atoms with Crippen LogP contribution in [0.2, 0.25) is 0 Å². The summed E-state index contributed by atoms with van der Waals surface area (Å²) in [5.74, 6) is -1.40. The lowest BCUT2D eigenvalue weighted by Gasteiger charge is -2.21. The molecule has 2 atom stereocenters. The second-order valence-electron chi connectivity index (χ2n) is 3.51. The molecule has 1 N–H and O–H groups in total. The zero-order valence-corrected chi connectivity index (χ0v) is 7.99. The third-order valence-electron chi connectivity index (χ3n) is 2.65. The summed E-state index contributed by atoms with van der Waals surface area (Å²) in [6.07, 6.45) is 1.85. The number of carbonyl (C=O) groups excluding carboxylic acids is 1. The number of likely N-dealkylation sites (tertiary alicyclic amines) is 1. The molecule has 1 heterocycles. The molecule has 0 aromatic rings.